The summed E-state index contributed by atoms with van der Waals surface area (Å²) in [5, 5.41) is 0. The monoisotopic (exact) mass is 235 g/mol. The molecule has 0 saturated heterocycles. The van der Waals surface area contributed by atoms with E-state index >= 15 is 0 Å². The maximum Gasteiger partial charge on any atom is 0.0952 e. The van der Waals surface area contributed by atoms with E-state index in [1.807, 2.05) is 30.8 Å². The summed E-state index contributed by atoms with van der Waals surface area (Å²) in [4.78, 5) is 6.94. The molecule has 4 heteroatoms. The zero-order valence-corrected chi connectivity index (χ0v) is 10.5. The Hall–Kier alpha value is -1.13. The predicted molar refractivity (Wildman–Crippen MR) is 67.6 cm³/mol. The van der Waals surface area contributed by atoms with Crippen LogP contribution in [0.4, 0.5) is 0 Å². The van der Waals surface area contributed by atoms with Crippen LogP contribution >= 0.6 is 11.3 Å². The molecule has 0 bridgehead atoms. The van der Waals surface area contributed by atoms with Crippen LogP contribution in [0.25, 0.3) is 0 Å². The van der Waals surface area contributed by atoms with Crippen LogP contribution in [-0.2, 0) is 13.0 Å². The van der Waals surface area contributed by atoms with Crippen molar-refractivity contribution in [2.24, 2.45) is 5.73 Å². The predicted octanol–water partition coefficient (Wildman–Crippen LogP) is 2.58. The van der Waals surface area contributed by atoms with Gasteiger partial charge in [-0.3, -0.25) is 0 Å². The van der Waals surface area contributed by atoms with E-state index in [1.54, 1.807) is 0 Å². The fourth-order valence-electron chi connectivity index (χ4n) is 1.71. The van der Waals surface area contributed by atoms with Crippen LogP contribution in [0.1, 0.15) is 35.3 Å². The van der Waals surface area contributed by atoms with Gasteiger partial charge in [0.1, 0.15) is 0 Å². The summed E-state index contributed by atoms with van der Waals surface area (Å²) < 4.78 is 2.12. The van der Waals surface area contributed by atoms with Gasteiger partial charge in [0.15, 0.2) is 0 Å². The van der Waals surface area contributed by atoms with Crippen LogP contribution in [0.3, 0.4) is 0 Å². The molecule has 0 aliphatic heterocycles. The molecule has 0 aromatic carbocycles. The van der Waals surface area contributed by atoms with E-state index in [1.165, 1.54) is 9.75 Å². The molecule has 16 heavy (non-hydrogen) atoms. The Labute approximate surface area is 99.9 Å². The van der Waals surface area contributed by atoms with E-state index in [9.17, 15) is 0 Å². The number of aryl methyl sites for hydroxylation is 1. The number of nitrogens with zero attached hydrogens (tertiary/aromatic N) is 2. The molecule has 86 valence electrons. The van der Waals surface area contributed by atoms with Gasteiger partial charge in [0.25, 0.3) is 0 Å². The first-order valence-corrected chi connectivity index (χ1v) is 6.35. The van der Waals surface area contributed by atoms with Gasteiger partial charge in [0.05, 0.1) is 18.6 Å². The number of aromatic nitrogens is 2. The molecule has 2 N–H and O–H groups in total. The quantitative estimate of drug-likeness (QED) is 0.885. The minimum atomic E-state index is 0.0353. The van der Waals surface area contributed by atoms with Gasteiger partial charge < -0.3 is 10.3 Å². The van der Waals surface area contributed by atoms with Crippen LogP contribution in [0, 0.1) is 0 Å². The Morgan fingerprint density at radius 3 is 2.81 bits per heavy atom. The number of hydrogen-bond donors (Lipinski definition) is 1. The first-order valence-electron chi connectivity index (χ1n) is 5.54. The summed E-state index contributed by atoms with van der Waals surface area (Å²) in [5.41, 5.74) is 6.98. The standard InChI is InChI=1S/C12H17N3S/c1-3-10-4-5-11(16-10)7-15-8-14-6-12(15)9(2)13/h4-6,8-9H,3,7,13H2,1-2H3. The Balaban J connectivity index is 2.17. The van der Waals surface area contributed by atoms with E-state index in [4.69, 9.17) is 5.73 Å². The van der Waals surface area contributed by atoms with Crippen molar-refractivity contribution in [2.45, 2.75) is 32.9 Å². The molecule has 0 aliphatic rings. The normalized spacial score (nSPS) is 12.9. The fraction of sp³-hybridized carbons (Fsp3) is 0.417. The van der Waals surface area contributed by atoms with Gasteiger partial charge in [0, 0.05) is 22.0 Å². The van der Waals surface area contributed by atoms with E-state index in [0.717, 1.165) is 18.7 Å². The molecule has 0 saturated carbocycles. The van der Waals surface area contributed by atoms with Crippen molar-refractivity contribution in [2.75, 3.05) is 0 Å². The molecule has 0 amide bonds. The van der Waals surface area contributed by atoms with Gasteiger partial charge in [-0.2, -0.15) is 0 Å². The zero-order valence-electron chi connectivity index (χ0n) is 9.68. The SMILES string of the molecule is CCc1ccc(Cn2cncc2C(C)N)s1. The summed E-state index contributed by atoms with van der Waals surface area (Å²) in [6.45, 7) is 5.04. The zero-order chi connectivity index (χ0) is 11.5. The van der Waals surface area contributed by atoms with Crippen LogP contribution in [0.5, 0.6) is 0 Å². The summed E-state index contributed by atoms with van der Waals surface area (Å²) >= 11 is 1.86. The topological polar surface area (TPSA) is 43.8 Å². The van der Waals surface area contributed by atoms with Crippen LogP contribution < -0.4 is 5.73 Å². The maximum absolute atomic E-state index is 5.89. The van der Waals surface area contributed by atoms with Crippen molar-refractivity contribution in [3.05, 3.63) is 40.1 Å². The van der Waals surface area contributed by atoms with Crippen molar-refractivity contribution in [3.8, 4) is 0 Å². The Morgan fingerprint density at radius 2 is 2.19 bits per heavy atom. The van der Waals surface area contributed by atoms with E-state index < -0.39 is 0 Å². The molecule has 2 rings (SSSR count). The highest BCUT2D eigenvalue weighted by Gasteiger charge is 2.07. The first kappa shape index (κ1) is 11.4. The lowest BCUT2D eigenvalue weighted by Gasteiger charge is -2.09. The minimum absolute atomic E-state index is 0.0353. The Kier molecular flexibility index (Phi) is 3.41. The van der Waals surface area contributed by atoms with E-state index in [0.29, 0.717) is 0 Å². The molecule has 0 radical (unpaired) electrons. The summed E-state index contributed by atoms with van der Waals surface area (Å²) in [6, 6.07) is 4.42. The second-order valence-electron chi connectivity index (χ2n) is 3.96. The van der Waals surface area contributed by atoms with E-state index in [-0.39, 0.29) is 6.04 Å². The number of imidazole rings is 1. The van der Waals surface area contributed by atoms with Crippen LogP contribution in [0.15, 0.2) is 24.7 Å². The Bertz CT molecular complexity index is 456. The lowest BCUT2D eigenvalue weighted by Crippen LogP contribution is -2.11. The average molecular weight is 235 g/mol. The van der Waals surface area contributed by atoms with Crippen molar-refractivity contribution >= 4 is 11.3 Å². The molecule has 1 unspecified atom stereocenters. The molecule has 2 heterocycles. The van der Waals surface area contributed by atoms with Crippen LogP contribution in [-0.4, -0.2) is 9.55 Å². The Morgan fingerprint density at radius 1 is 1.44 bits per heavy atom. The lowest BCUT2D eigenvalue weighted by atomic mass is 10.2. The van der Waals surface area contributed by atoms with Gasteiger partial charge in [-0.15, -0.1) is 11.3 Å². The van der Waals surface area contributed by atoms with Gasteiger partial charge in [0.2, 0.25) is 0 Å². The highest BCUT2D eigenvalue weighted by Crippen LogP contribution is 2.19. The maximum atomic E-state index is 5.89. The lowest BCUT2D eigenvalue weighted by molar-refractivity contribution is 0.679. The molecule has 2 aromatic rings. The van der Waals surface area contributed by atoms with Crippen LogP contribution in [0.2, 0.25) is 0 Å². The molecule has 3 nitrogen and oxygen atoms in total. The van der Waals surface area contributed by atoms with E-state index in [2.05, 4.69) is 28.6 Å². The first-order chi connectivity index (χ1) is 7.70. The molecule has 1 atom stereocenters. The molecular formula is C12H17N3S. The summed E-state index contributed by atoms with van der Waals surface area (Å²) in [5.74, 6) is 0. The molecule has 0 aliphatic carbocycles. The van der Waals surface area contributed by atoms with Gasteiger partial charge >= 0.3 is 0 Å². The number of thiophene rings is 1. The smallest absolute Gasteiger partial charge is 0.0952 e. The highest BCUT2D eigenvalue weighted by atomic mass is 32.1. The van der Waals surface area contributed by atoms with Gasteiger partial charge in [-0.05, 0) is 25.5 Å². The van der Waals surface area contributed by atoms with Crippen molar-refractivity contribution in [1.29, 1.82) is 0 Å². The molecule has 0 fully saturated rings. The second-order valence-corrected chi connectivity index (χ2v) is 5.21. The largest absolute Gasteiger partial charge is 0.328 e. The molecular weight excluding hydrogens is 218 g/mol. The average Bonchev–Trinajstić information content (AvgIpc) is 2.87. The number of hydrogen-bond acceptors (Lipinski definition) is 3. The molecule has 0 spiro atoms. The van der Waals surface area contributed by atoms with Gasteiger partial charge in [-0.25, -0.2) is 4.98 Å². The third-order valence-electron chi connectivity index (χ3n) is 2.60. The van der Waals surface area contributed by atoms with Crippen molar-refractivity contribution < 1.29 is 0 Å². The summed E-state index contributed by atoms with van der Waals surface area (Å²) in [6.07, 6.45) is 4.80. The number of rotatable bonds is 4. The molecule has 2 aromatic heterocycles. The second kappa shape index (κ2) is 4.80. The van der Waals surface area contributed by atoms with Gasteiger partial charge in [-0.1, -0.05) is 6.92 Å². The van der Waals surface area contributed by atoms with Crippen molar-refractivity contribution in [3.63, 3.8) is 0 Å². The van der Waals surface area contributed by atoms with Crippen molar-refractivity contribution in [1.82, 2.24) is 9.55 Å². The number of nitrogens with two attached hydrogens (primary N) is 1. The third-order valence-corrected chi connectivity index (χ3v) is 3.82. The highest BCUT2D eigenvalue weighted by molar-refractivity contribution is 7.11. The summed E-state index contributed by atoms with van der Waals surface area (Å²) in [7, 11) is 0. The minimum Gasteiger partial charge on any atom is -0.328 e. The fourth-order valence-corrected chi connectivity index (χ4v) is 2.66. The third kappa shape index (κ3) is 2.33.